The van der Waals surface area contributed by atoms with Gasteiger partial charge in [-0.25, -0.2) is 5.14 Å². The quantitative estimate of drug-likeness (QED) is 0.542. The van der Waals surface area contributed by atoms with E-state index in [1.807, 2.05) is 6.20 Å². The first-order chi connectivity index (χ1) is 7.93. The van der Waals surface area contributed by atoms with Gasteiger partial charge in [0, 0.05) is 11.9 Å². The van der Waals surface area contributed by atoms with Crippen molar-refractivity contribution in [2.75, 3.05) is 0 Å². The van der Waals surface area contributed by atoms with Crippen molar-refractivity contribution in [1.29, 1.82) is 0 Å². The number of aryl methyl sites for hydroxylation is 1. The molecule has 0 saturated heterocycles. The highest BCUT2D eigenvalue weighted by Crippen LogP contribution is 2.06. The lowest BCUT2D eigenvalue weighted by Gasteiger charge is -1.98. The van der Waals surface area contributed by atoms with E-state index in [1.165, 1.54) is 44.2 Å². The molecule has 0 fully saturated rings. The van der Waals surface area contributed by atoms with Gasteiger partial charge in [0.1, 0.15) is 0 Å². The highest BCUT2D eigenvalue weighted by atomic mass is 32.2. The van der Waals surface area contributed by atoms with Crippen LogP contribution >= 0.6 is 0 Å². The van der Waals surface area contributed by atoms with Crippen LogP contribution in [0.15, 0.2) is 18.3 Å². The molecule has 0 bridgehead atoms. The van der Waals surface area contributed by atoms with Crippen molar-refractivity contribution in [1.82, 2.24) is 4.98 Å². The van der Waals surface area contributed by atoms with E-state index >= 15 is 0 Å². The third kappa shape index (κ3) is 15.1. The van der Waals surface area contributed by atoms with Crippen LogP contribution in [-0.2, 0) is 16.7 Å². The van der Waals surface area contributed by atoms with Gasteiger partial charge in [-0.1, -0.05) is 32.6 Å². The maximum atomic E-state index is 8.97. The lowest BCUT2D eigenvalue weighted by Crippen LogP contribution is -2.08. The molecule has 1 aromatic rings. The minimum absolute atomic E-state index is 1.22. The molecule has 0 saturated carbocycles. The molecule has 17 heavy (non-hydrogen) atoms. The fourth-order valence-electron chi connectivity index (χ4n) is 1.44. The van der Waals surface area contributed by atoms with Gasteiger partial charge in [-0.2, -0.15) is 8.42 Å². The Morgan fingerprint density at radius 1 is 1.29 bits per heavy atom. The first kappa shape index (κ1) is 16.1. The van der Waals surface area contributed by atoms with Crippen molar-refractivity contribution in [2.45, 2.75) is 45.4 Å². The predicted molar refractivity (Wildman–Crippen MR) is 69.0 cm³/mol. The fraction of sp³-hybridized carbons (Fsp3) is 0.636. The summed E-state index contributed by atoms with van der Waals surface area (Å²) in [6, 6.07) is 4.24. The Bertz CT molecular complexity index is 352. The van der Waals surface area contributed by atoms with Crippen LogP contribution in [-0.4, -0.2) is 18.0 Å². The van der Waals surface area contributed by atoms with E-state index in [1.54, 1.807) is 0 Å². The van der Waals surface area contributed by atoms with Crippen molar-refractivity contribution in [3.63, 3.8) is 0 Å². The number of nitrogens with two attached hydrogens (primary N) is 1. The molecule has 0 spiro atoms. The lowest BCUT2D eigenvalue weighted by atomic mass is 10.1. The van der Waals surface area contributed by atoms with Crippen molar-refractivity contribution >= 4 is 10.3 Å². The van der Waals surface area contributed by atoms with Crippen molar-refractivity contribution in [3.8, 4) is 0 Å². The number of nitrogens with one attached hydrogen (secondary N) is 1. The zero-order valence-electron chi connectivity index (χ0n) is 10.2. The molecule has 100 valence electrons. The summed E-state index contributed by atoms with van der Waals surface area (Å²) in [4.78, 5) is 3.23. The smallest absolute Gasteiger partial charge is 0.330 e. The second-order valence-corrected chi connectivity index (χ2v) is 4.90. The number of H-pyrrole nitrogens is 1. The molecule has 6 heteroatoms. The number of unbranched alkanes of at least 4 members (excludes halogenated alkanes) is 4. The van der Waals surface area contributed by atoms with Gasteiger partial charge >= 0.3 is 10.3 Å². The average molecular weight is 262 g/mol. The van der Waals surface area contributed by atoms with Gasteiger partial charge in [0.2, 0.25) is 0 Å². The summed E-state index contributed by atoms with van der Waals surface area (Å²) in [6.07, 6.45) is 10.1. The molecule has 0 atom stereocenters. The van der Waals surface area contributed by atoms with E-state index in [2.05, 4.69) is 29.2 Å². The molecule has 0 aliphatic rings. The number of hydrogen-bond donors (Lipinski definition) is 3. The minimum Gasteiger partial charge on any atom is -0.365 e. The molecular formula is C11H22N2O3S. The molecule has 0 aromatic carbocycles. The van der Waals surface area contributed by atoms with Gasteiger partial charge in [0.05, 0.1) is 0 Å². The third-order valence-corrected chi connectivity index (χ3v) is 2.21. The summed E-state index contributed by atoms with van der Waals surface area (Å²) in [6.45, 7) is 2.25. The first-order valence-electron chi connectivity index (χ1n) is 5.81. The largest absolute Gasteiger partial charge is 0.365 e. The van der Waals surface area contributed by atoms with E-state index in [9.17, 15) is 0 Å². The molecular weight excluding hydrogens is 240 g/mol. The van der Waals surface area contributed by atoms with Gasteiger partial charge in [0.15, 0.2) is 0 Å². The average Bonchev–Trinajstić information content (AvgIpc) is 2.67. The second kappa shape index (κ2) is 9.21. The Labute approximate surface area is 103 Å². The number of hydrogen-bond acceptors (Lipinski definition) is 2. The zero-order valence-corrected chi connectivity index (χ0v) is 11.0. The third-order valence-electron chi connectivity index (χ3n) is 2.21. The molecule has 0 aliphatic heterocycles. The normalized spacial score (nSPS) is 10.8. The summed E-state index contributed by atoms with van der Waals surface area (Å²) >= 11 is 0. The van der Waals surface area contributed by atoms with E-state index in [0.29, 0.717) is 0 Å². The molecule has 1 heterocycles. The second-order valence-electron chi connectivity index (χ2n) is 3.87. The predicted octanol–water partition coefficient (Wildman–Crippen LogP) is 2.28. The van der Waals surface area contributed by atoms with Gasteiger partial charge < -0.3 is 4.98 Å². The van der Waals surface area contributed by atoms with Crippen LogP contribution in [0.25, 0.3) is 0 Å². The van der Waals surface area contributed by atoms with Crippen molar-refractivity contribution in [3.05, 3.63) is 24.0 Å². The summed E-state index contributed by atoms with van der Waals surface area (Å²) in [5, 5.41) is 3.88. The van der Waals surface area contributed by atoms with Crippen LogP contribution in [0, 0.1) is 0 Å². The van der Waals surface area contributed by atoms with E-state index in [0.717, 1.165) is 0 Å². The standard InChI is InChI=1S/C11H19N.H3NO3S/c1-2-3-4-5-6-8-11-9-7-10-12-11;1-5(2,3)4/h7,9-10,12H,2-6,8H2,1H3;(H3,1,2,3,4). The van der Waals surface area contributed by atoms with Crippen molar-refractivity contribution in [2.24, 2.45) is 5.14 Å². The van der Waals surface area contributed by atoms with E-state index < -0.39 is 10.3 Å². The van der Waals surface area contributed by atoms with Crippen molar-refractivity contribution < 1.29 is 13.0 Å². The molecule has 0 radical (unpaired) electrons. The molecule has 0 aliphatic carbocycles. The Morgan fingerprint density at radius 2 is 1.88 bits per heavy atom. The lowest BCUT2D eigenvalue weighted by molar-refractivity contribution is 0.485. The molecule has 0 amide bonds. The fourth-order valence-corrected chi connectivity index (χ4v) is 1.44. The minimum atomic E-state index is -4.17. The number of aromatic amines is 1. The van der Waals surface area contributed by atoms with Gasteiger partial charge in [0.25, 0.3) is 0 Å². The number of rotatable bonds is 6. The van der Waals surface area contributed by atoms with Crippen LogP contribution in [0.3, 0.4) is 0 Å². The highest BCUT2D eigenvalue weighted by molar-refractivity contribution is 7.83. The number of aromatic nitrogens is 1. The Balaban J connectivity index is 0.000000437. The monoisotopic (exact) mass is 262 g/mol. The van der Waals surface area contributed by atoms with E-state index in [-0.39, 0.29) is 0 Å². The Morgan fingerprint density at radius 3 is 2.35 bits per heavy atom. The molecule has 0 unspecified atom stereocenters. The zero-order chi connectivity index (χ0) is 13.1. The Kier molecular flexibility index (Phi) is 8.75. The molecule has 1 rings (SSSR count). The van der Waals surface area contributed by atoms with Gasteiger partial charge in [-0.15, -0.1) is 0 Å². The van der Waals surface area contributed by atoms with Gasteiger partial charge in [-0.3, -0.25) is 4.55 Å². The molecule has 5 nitrogen and oxygen atoms in total. The molecule has 1 aromatic heterocycles. The van der Waals surface area contributed by atoms with Crippen LogP contribution in [0.4, 0.5) is 0 Å². The highest BCUT2D eigenvalue weighted by Gasteiger charge is 1.92. The van der Waals surface area contributed by atoms with Gasteiger partial charge in [-0.05, 0) is 25.0 Å². The maximum absolute atomic E-state index is 8.97. The van der Waals surface area contributed by atoms with Crippen LogP contribution in [0.2, 0.25) is 0 Å². The summed E-state index contributed by atoms with van der Waals surface area (Å²) in [5.41, 5.74) is 1.38. The van der Waals surface area contributed by atoms with Crippen LogP contribution < -0.4 is 5.14 Å². The summed E-state index contributed by atoms with van der Waals surface area (Å²) in [7, 11) is -4.17. The topological polar surface area (TPSA) is 96.2 Å². The Hall–Kier alpha value is -0.850. The first-order valence-corrected chi connectivity index (χ1v) is 7.31. The molecule has 4 N–H and O–H groups in total. The summed E-state index contributed by atoms with van der Waals surface area (Å²) in [5.74, 6) is 0. The van der Waals surface area contributed by atoms with Crippen LogP contribution in [0.5, 0.6) is 0 Å². The SMILES string of the molecule is CCCCCCCc1ccc[nH]1.NS(=O)(=O)O. The summed E-state index contributed by atoms with van der Waals surface area (Å²) < 4.78 is 25.2. The maximum Gasteiger partial charge on any atom is 0.330 e. The van der Waals surface area contributed by atoms with Crippen LogP contribution in [0.1, 0.15) is 44.7 Å². The van der Waals surface area contributed by atoms with E-state index in [4.69, 9.17) is 13.0 Å².